The van der Waals surface area contributed by atoms with Crippen molar-refractivity contribution in [2.45, 2.75) is 26.8 Å². The maximum absolute atomic E-state index is 13.4. The zero-order valence-electron chi connectivity index (χ0n) is 13.1. The highest BCUT2D eigenvalue weighted by Crippen LogP contribution is 2.36. The minimum absolute atomic E-state index is 0. The lowest BCUT2D eigenvalue weighted by Crippen LogP contribution is -2.32. The van der Waals surface area contributed by atoms with Gasteiger partial charge in [0.2, 0.25) is 0 Å². The highest BCUT2D eigenvalue weighted by atomic mass is 19.1. The Bertz CT molecular complexity index is 717. The molecule has 2 aliphatic rings. The highest BCUT2D eigenvalue weighted by Gasteiger charge is 2.21. The summed E-state index contributed by atoms with van der Waals surface area (Å²) < 4.78 is 19.3. The monoisotopic (exact) mass is 328 g/mol. The summed E-state index contributed by atoms with van der Waals surface area (Å²) in [5, 5.41) is 3.45. The standard InChI is InChI=1S/C19H21FN2O.CH4/c20-17-3-1-2-14(10-17)13-22-8-9-23-19-12-16-5-7-21-6-4-15(16)11-18(19)22;/h1-3,10-12,21H,4-9,13H2;1H4. The van der Waals surface area contributed by atoms with Gasteiger partial charge in [0.15, 0.2) is 0 Å². The molecule has 0 saturated heterocycles. The molecule has 2 heterocycles. The van der Waals surface area contributed by atoms with Crippen molar-refractivity contribution in [2.24, 2.45) is 0 Å². The van der Waals surface area contributed by atoms with Gasteiger partial charge in [-0.1, -0.05) is 19.6 Å². The van der Waals surface area contributed by atoms with Gasteiger partial charge in [-0.3, -0.25) is 0 Å². The SMILES string of the molecule is C.Fc1cccc(CN2CCOc3cc4c(cc32)CCNCC4)c1. The average molecular weight is 328 g/mol. The normalized spacial score (nSPS) is 16.3. The molecule has 0 bridgehead atoms. The first-order valence-corrected chi connectivity index (χ1v) is 8.28. The van der Waals surface area contributed by atoms with Crippen LogP contribution in [0.1, 0.15) is 24.1 Å². The minimum atomic E-state index is -0.177. The Morgan fingerprint density at radius 2 is 1.88 bits per heavy atom. The summed E-state index contributed by atoms with van der Waals surface area (Å²) in [7, 11) is 0. The van der Waals surface area contributed by atoms with Crippen LogP contribution in [0, 0.1) is 5.82 Å². The first-order valence-electron chi connectivity index (χ1n) is 8.28. The molecule has 0 fully saturated rings. The number of anilines is 1. The Kier molecular flexibility index (Phi) is 5.05. The molecule has 0 amide bonds. The number of rotatable bonds is 2. The molecule has 128 valence electrons. The molecule has 0 radical (unpaired) electrons. The second-order valence-electron chi connectivity index (χ2n) is 6.24. The fraction of sp³-hybridized carbons (Fsp3) is 0.400. The molecule has 1 N–H and O–H groups in total. The van der Waals surface area contributed by atoms with Gasteiger partial charge in [-0.05, 0) is 66.9 Å². The lowest BCUT2D eigenvalue weighted by atomic mass is 10.00. The second-order valence-corrected chi connectivity index (χ2v) is 6.24. The zero-order chi connectivity index (χ0) is 15.6. The minimum Gasteiger partial charge on any atom is -0.490 e. The Morgan fingerprint density at radius 3 is 2.67 bits per heavy atom. The van der Waals surface area contributed by atoms with Crippen LogP contribution in [-0.2, 0) is 19.4 Å². The summed E-state index contributed by atoms with van der Waals surface area (Å²) >= 11 is 0. The fourth-order valence-corrected chi connectivity index (χ4v) is 3.46. The lowest BCUT2D eigenvalue weighted by Gasteiger charge is -2.32. The number of benzene rings is 2. The van der Waals surface area contributed by atoms with Crippen molar-refractivity contribution in [3.8, 4) is 5.75 Å². The van der Waals surface area contributed by atoms with Crippen molar-refractivity contribution in [1.29, 1.82) is 0 Å². The van der Waals surface area contributed by atoms with E-state index >= 15 is 0 Å². The quantitative estimate of drug-likeness (QED) is 0.912. The van der Waals surface area contributed by atoms with Gasteiger partial charge >= 0.3 is 0 Å². The largest absolute Gasteiger partial charge is 0.490 e. The number of ether oxygens (including phenoxy) is 1. The first-order chi connectivity index (χ1) is 11.3. The molecule has 2 aromatic rings. The van der Waals surface area contributed by atoms with E-state index in [9.17, 15) is 4.39 Å². The molecule has 0 spiro atoms. The van der Waals surface area contributed by atoms with Gasteiger partial charge in [-0.25, -0.2) is 4.39 Å². The molecular weight excluding hydrogens is 303 g/mol. The summed E-state index contributed by atoms with van der Waals surface area (Å²) in [5.74, 6) is 0.789. The molecule has 2 aliphatic heterocycles. The van der Waals surface area contributed by atoms with Gasteiger partial charge in [-0.2, -0.15) is 0 Å². The molecule has 4 heteroatoms. The number of fused-ring (bicyclic) bond motifs is 2. The first kappa shape index (κ1) is 16.8. The fourth-order valence-electron chi connectivity index (χ4n) is 3.46. The summed E-state index contributed by atoms with van der Waals surface area (Å²) in [6, 6.07) is 11.3. The van der Waals surface area contributed by atoms with Crippen molar-refractivity contribution in [1.82, 2.24) is 5.32 Å². The third kappa shape index (κ3) is 3.39. The number of halogens is 1. The Balaban J connectivity index is 0.00000169. The maximum Gasteiger partial charge on any atom is 0.142 e. The van der Waals surface area contributed by atoms with Gasteiger partial charge in [0.05, 0.1) is 12.2 Å². The molecule has 0 atom stereocenters. The number of nitrogens with zero attached hydrogens (tertiary/aromatic N) is 1. The van der Waals surface area contributed by atoms with E-state index in [2.05, 4.69) is 22.3 Å². The van der Waals surface area contributed by atoms with Crippen LogP contribution in [0.3, 0.4) is 0 Å². The van der Waals surface area contributed by atoms with Gasteiger partial charge < -0.3 is 15.0 Å². The third-order valence-electron chi connectivity index (χ3n) is 4.65. The molecular formula is C20H25FN2O. The van der Waals surface area contributed by atoms with Crippen molar-refractivity contribution < 1.29 is 9.13 Å². The summed E-state index contributed by atoms with van der Waals surface area (Å²) in [6.07, 6.45) is 2.10. The van der Waals surface area contributed by atoms with Gasteiger partial charge in [0.25, 0.3) is 0 Å². The van der Waals surface area contributed by atoms with Gasteiger partial charge in [0, 0.05) is 6.54 Å². The van der Waals surface area contributed by atoms with Crippen LogP contribution in [-0.4, -0.2) is 26.2 Å². The van der Waals surface area contributed by atoms with Crippen LogP contribution in [0.5, 0.6) is 5.75 Å². The predicted octanol–water partition coefficient (Wildman–Crippen LogP) is 3.55. The maximum atomic E-state index is 13.4. The van der Waals surface area contributed by atoms with Crippen LogP contribution in [0.4, 0.5) is 10.1 Å². The Morgan fingerprint density at radius 1 is 1.08 bits per heavy atom. The van der Waals surface area contributed by atoms with Crippen LogP contribution < -0.4 is 15.0 Å². The molecule has 0 aliphatic carbocycles. The van der Waals surface area contributed by atoms with Crippen molar-refractivity contribution in [3.63, 3.8) is 0 Å². The van der Waals surface area contributed by atoms with Crippen LogP contribution in [0.25, 0.3) is 0 Å². The van der Waals surface area contributed by atoms with Gasteiger partial charge in [-0.15, -0.1) is 0 Å². The Hall–Kier alpha value is -2.07. The van der Waals surface area contributed by atoms with Gasteiger partial charge in [0.1, 0.15) is 18.2 Å². The van der Waals surface area contributed by atoms with Crippen LogP contribution in [0.15, 0.2) is 36.4 Å². The molecule has 0 aromatic heterocycles. The molecule has 0 saturated carbocycles. The summed E-state index contributed by atoms with van der Waals surface area (Å²) in [6.45, 7) is 4.28. The van der Waals surface area contributed by atoms with Crippen LogP contribution >= 0.6 is 0 Å². The van der Waals surface area contributed by atoms with Crippen molar-refractivity contribution >= 4 is 5.69 Å². The average Bonchev–Trinajstić information content (AvgIpc) is 2.78. The summed E-state index contributed by atoms with van der Waals surface area (Å²) in [4.78, 5) is 2.30. The Labute approximate surface area is 143 Å². The van der Waals surface area contributed by atoms with E-state index in [1.165, 1.54) is 17.2 Å². The van der Waals surface area contributed by atoms with E-state index in [-0.39, 0.29) is 13.2 Å². The number of nitrogens with one attached hydrogen (secondary N) is 1. The van der Waals surface area contributed by atoms with E-state index < -0.39 is 0 Å². The topological polar surface area (TPSA) is 24.5 Å². The predicted molar refractivity (Wildman–Crippen MR) is 96.4 cm³/mol. The van der Waals surface area contributed by atoms with Crippen LogP contribution in [0.2, 0.25) is 0 Å². The van der Waals surface area contributed by atoms with Crippen molar-refractivity contribution in [3.05, 3.63) is 58.9 Å². The molecule has 3 nitrogen and oxygen atoms in total. The number of hydrogen-bond donors (Lipinski definition) is 1. The highest BCUT2D eigenvalue weighted by molar-refractivity contribution is 5.63. The lowest BCUT2D eigenvalue weighted by molar-refractivity contribution is 0.306. The molecule has 2 aromatic carbocycles. The molecule has 0 unspecified atom stereocenters. The second kappa shape index (κ2) is 7.22. The molecule has 4 rings (SSSR count). The smallest absolute Gasteiger partial charge is 0.142 e. The molecule has 24 heavy (non-hydrogen) atoms. The van der Waals surface area contributed by atoms with E-state index in [0.717, 1.165) is 49.5 Å². The van der Waals surface area contributed by atoms with E-state index in [0.29, 0.717) is 13.2 Å². The van der Waals surface area contributed by atoms with E-state index in [1.54, 1.807) is 12.1 Å². The van der Waals surface area contributed by atoms with E-state index in [1.807, 2.05) is 6.07 Å². The zero-order valence-corrected chi connectivity index (χ0v) is 13.1. The number of hydrogen-bond acceptors (Lipinski definition) is 3. The van der Waals surface area contributed by atoms with Crippen molar-refractivity contribution in [2.75, 3.05) is 31.1 Å². The summed E-state index contributed by atoms with van der Waals surface area (Å²) in [5.41, 5.74) is 4.93. The van der Waals surface area contributed by atoms with E-state index in [4.69, 9.17) is 4.74 Å². The third-order valence-corrected chi connectivity index (χ3v) is 4.65.